The highest BCUT2D eigenvalue weighted by Gasteiger charge is 2.08. The molecule has 6 heteroatoms. The largest absolute Gasteiger partial charge is 0.228 e. The van der Waals surface area contributed by atoms with E-state index in [2.05, 4.69) is 0 Å². The van der Waals surface area contributed by atoms with Crippen LogP contribution >= 0.6 is 12.4 Å². The molecule has 0 amide bonds. The van der Waals surface area contributed by atoms with Crippen LogP contribution in [-0.4, -0.2) is 8.42 Å². The van der Waals surface area contributed by atoms with Crippen molar-refractivity contribution in [2.75, 3.05) is 0 Å². The van der Waals surface area contributed by atoms with Gasteiger partial charge in [0.2, 0.25) is 10.0 Å². The molecular weight excluding hydrogens is 217 g/mol. The summed E-state index contributed by atoms with van der Waals surface area (Å²) in [7, 11) is -3.64. The molecule has 0 aliphatic rings. The van der Waals surface area contributed by atoms with Crippen LogP contribution in [0.1, 0.15) is 5.56 Å². The molecule has 0 spiro atoms. The fourth-order valence-electron chi connectivity index (χ4n) is 0.832. The lowest BCUT2D eigenvalue weighted by Gasteiger charge is -1.99. The van der Waals surface area contributed by atoms with Crippen molar-refractivity contribution in [1.29, 1.82) is 0 Å². The van der Waals surface area contributed by atoms with E-state index < -0.39 is 21.6 Å². The smallest absolute Gasteiger partial charge is 0.213 e. The van der Waals surface area contributed by atoms with Crippen molar-refractivity contribution in [3.8, 4) is 0 Å². The van der Waals surface area contributed by atoms with E-state index in [0.717, 1.165) is 0 Å². The third-order valence-corrected chi connectivity index (χ3v) is 2.03. The number of nitrogens with two attached hydrogens (primary N) is 1. The number of sulfonamides is 1. The second-order valence-corrected chi connectivity index (χ2v) is 4.01. The topological polar surface area (TPSA) is 60.2 Å². The maximum absolute atomic E-state index is 12.8. The first-order valence-corrected chi connectivity index (χ1v) is 4.94. The molecule has 0 bridgehead atoms. The highest BCUT2D eigenvalue weighted by Crippen LogP contribution is 2.08. The van der Waals surface area contributed by atoms with Gasteiger partial charge in [0.1, 0.15) is 5.82 Å². The molecule has 0 fully saturated rings. The van der Waals surface area contributed by atoms with Crippen LogP contribution in [-0.2, 0) is 15.8 Å². The van der Waals surface area contributed by atoms with Crippen LogP contribution in [0.4, 0.5) is 4.39 Å². The van der Waals surface area contributed by atoms with Crippen LogP contribution in [0.2, 0.25) is 0 Å². The van der Waals surface area contributed by atoms with E-state index in [1.165, 1.54) is 18.2 Å². The van der Waals surface area contributed by atoms with Crippen molar-refractivity contribution in [3.63, 3.8) is 0 Å². The van der Waals surface area contributed by atoms with Crippen molar-refractivity contribution in [1.82, 2.24) is 0 Å². The van der Waals surface area contributed by atoms with Crippen LogP contribution in [0.5, 0.6) is 0 Å². The monoisotopic (exact) mass is 225 g/mol. The molecule has 0 saturated carbocycles. The summed E-state index contributed by atoms with van der Waals surface area (Å²) in [5.41, 5.74) is 0.0972. The van der Waals surface area contributed by atoms with Gasteiger partial charge in [-0.3, -0.25) is 0 Å². The Morgan fingerprint density at radius 3 is 2.31 bits per heavy atom. The Balaban J connectivity index is 0.00000144. The number of rotatable bonds is 2. The van der Waals surface area contributed by atoms with E-state index in [-0.39, 0.29) is 18.0 Å². The summed E-state index contributed by atoms with van der Waals surface area (Å²) in [4.78, 5) is 0. The first-order chi connectivity index (χ1) is 5.49. The summed E-state index contributed by atoms with van der Waals surface area (Å²) in [6, 6.07) is 5.63. The first-order valence-electron chi connectivity index (χ1n) is 3.23. The number of hydrogen-bond acceptors (Lipinski definition) is 2. The summed E-state index contributed by atoms with van der Waals surface area (Å²) in [5.74, 6) is -1.01. The molecule has 0 atom stereocenters. The summed E-state index contributed by atoms with van der Waals surface area (Å²) in [5, 5.41) is 4.74. The molecule has 2 N–H and O–H groups in total. The fourth-order valence-corrected chi connectivity index (χ4v) is 1.50. The molecule has 1 rings (SSSR count). The lowest BCUT2D eigenvalue weighted by atomic mass is 10.2. The van der Waals surface area contributed by atoms with E-state index in [1.807, 2.05) is 0 Å². The van der Waals surface area contributed by atoms with Gasteiger partial charge in [-0.15, -0.1) is 12.4 Å². The molecule has 74 valence electrons. The summed E-state index contributed by atoms with van der Waals surface area (Å²) in [6.07, 6.45) is 0. The number of halogens is 2. The molecular formula is C7H9ClFNO2S. The zero-order valence-electron chi connectivity index (χ0n) is 6.60. The normalized spacial score (nSPS) is 10.6. The number of hydrogen-bond donors (Lipinski definition) is 1. The highest BCUT2D eigenvalue weighted by atomic mass is 35.5. The first kappa shape index (κ1) is 12.3. The van der Waals surface area contributed by atoms with E-state index in [1.54, 1.807) is 6.07 Å². The van der Waals surface area contributed by atoms with Gasteiger partial charge in [0.25, 0.3) is 0 Å². The zero-order chi connectivity index (χ0) is 9.19. The molecule has 0 aliphatic heterocycles. The molecule has 0 aliphatic carbocycles. The van der Waals surface area contributed by atoms with E-state index in [0.29, 0.717) is 0 Å². The van der Waals surface area contributed by atoms with Gasteiger partial charge < -0.3 is 0 Å². The molecule has 0 heterocycles. The lowest BCUT2D eigenvalue weighted by Crippen LogP contribution is -2.15. The standard InChI is InChI=1S/C7H8FNO2S.ClH/c8-7-4-2-1-3-6(7)5-12(9,10)11;/h1-4H,5H2,(H2,9,10,11);1H. The van der Waals surface area contributed by atoms with Crippen molar-refractivity contribution < 1.29 is 12.8 Å². The van der Waals surface area contributed by atoms with Gasteiger partial charge in [-0.2, -0.15) is 0 Å². The Labute approximate surface area is 82.2 Å². The third-order valence-electron chi connectivity index (χ3n) is 1.31. The minimum atomic E-state index is -3.64. The van der Waals surface area contributed by atoms with Crippen LogP contribution in [0.25, 0.3) is 0 Å². The van der Waals surface area contributed by atoms with Crippen LogP contribution in [0.15, 0.2) is 24.3 Å². The van der Waals surface area contributed by atoms with Crippen LogP contribution in [0.3, 0.4) is 0 Å². The fraction of sp³-hybridized carbons (Fsp3) is 0.143. The Bertz CT molecular complexity index is 380. The van der Waals surface area contributed by atoms with Gasteiger partial charge in [-0.05, 0) is 6.07 Å². The Morgan fingerprint density at radius 1 is 1.31 bits per heavy atom. The summed E-state index contributed by atoms with van der Waals surface area (Å²) in [6.45, 7) is 0. The van der Waals surface area contributed by atoms with Crippen molar-refractivity contribution >= 4 is 22.4 Å². The molecule has 0 unspecified atom stereocenters. The molecule has 1 aromatic carbocycles. The summed E-state index contributed by atoms with van der Waals surface area (Å²) < 4.78 is 33.9. The summed E-state index contributed by atoms with van der Waals surface area (Å²) >= 11 is 0. The van der Waals surface area contributed by atoms with E-state index in [4.69, 9.17) is 5.14 Å². The van der Waals surface area contributed by atoms with Crippen LogP contribution < -0.4 is 5.14 Å². The quantitative estimate of drug-likeness (QED) is 0.818. The molecule has 0 aromatic heterocycles. The minimum Gasteiger partial charge on any atom is -0.228 e. The molecule has 13 heavy (non-hydrogen) atoms. The maximum atomic E-state index is 12.8. The molecule has 0 radical (unpaired) electrons. The van der Waals surface area contributed by atoms with Gasteiger partial charge in [0.05, 0.1) is 5.75 Å². The van der Waals surface area contributed by atoms with Gasteiger partial charge >= 0.3 is 0 Å². The zero-order valence-corrected chi connectivity index (χ0v) is 8.24. The van der Waals surface area contributed by atoms with Gasteiger partial charge in [-0.25, -0.2) is 17.9 Å². The average Bonchev–Trinajstić information content (AvgIpc) is 1.91. The average molecular weight is 226 g/mol. The third kappa shape index (κ3) is 4.21. The van der Waals surface area contributed by atoms with Crippen molar-refractivity contribution in [2.24, 2.45) is 5.14 Å². The van der Waals surface area contributed by atoms with Crippen molar-refractivity contribution in [3.05, 3.63) is 35.6 Å². The Morgan fingerprint density at radius 2 is 1.85 bits per heavy atom. The highest BCUT2D eigenvalue weighted by molar-refractivity contribution is 7.88. The second-order valence-electron chi connectivity index (χ2n) is 2.40. The van der Waals surface area contributed by atoms with Gasteiger partial charge in [-0.1, -0.05) is 18.2 Å². The predicted molar refractivity (Wildman–Crippen MR) is 50.5 cm³/mol. The van der Waals surface area contributed by atoms with E-state index in [9.17, 15) is 12.8 Å². The van der Waals surface area contributed by atoms with E-state index >= 15 is 0 Å². The van der Waals surface area contributed by atoms with Crippen molar-refractivity contribution in [2.45, 2.75) is 5.75 Å². The predicted octanol–water partition coefficient (Wildman–Crippen LogP) is 1.04. The van der Waals surface area contributed by atoms with Gasteiger partial charge in [0, 0.05) is 5.56 Å². The molecule has 3 nitrogen and oxygen atoms in total. The molecule has 1 aromatic rings. The SMILES string of the molecule is Cl.NS(=O)(=O)Cc1ccccc1F. The van der Waals surface area contributed by atoms with Gasteiger partial charge in [0.15, 0.2) is 0 Å². The maximum Gasteiger partial charge on any atom is 0.213 e. The lowest BCUT2D eigenvalue weighted by molar-refractivity contribution is 0.588. The number of primary sulfonamides is 1. The number of benzene rings is 1. The van der Waals surface area contributed by atoms with Crippen LogP contribution in [0, 0.1) is 5.82 Å². The Kier molecular flexibility index (Phi) is 4.32. The second kappa shape index (κ2) is 4.55. The Hall–Kier alpha value is -0.650. The minimum absolute atomic E-state index is 0. The molecule has 0 saturated heterocycles.